The van der Waals surface area contributed by atoms with E-state index in [4.69, 9.17) is 4.74 Å². The van der Waals surface area contributed by atoms with Crippen molar-refractivity contribution in [2.45, 2.75) is 19.8 Å². The van der Waals surface area contributed by atoms with Crippen LogP contribution in [0.2, 0.25) is 0 Å². The number of nitriles is 1. The fourth-order valence-corrected chi connectivity index (χ4v) is 5.78. The third kappa shape index (κ3) is 5.33. The van der Waals surface area contributed by atoms with Gasteiger partial charge in [-0.1, -0.05) is 78.9 Å². The first-order valence-corrected chi connectivity index (χ1v) is 13.8. The molecule has 1 saturated heterocycles. The van der Waals surface area contributed by atoms with Gasteiger partial charge in [-0.3, -0.25) is 4.79 Å². The predicted molar refractivity (Wildman–Crippen MR) is 161 cm³/mol. The number of carbonyl (C=O) groups is 2. The van der Waals surface area contributed by atoms with E-state index in [1.54, 1.807) is 23.8 Å². The van der Waals surface area contributed by atoms with E-state index < -0.39 is 11.3 Å². The molecule has 0 aromatic heterocycles. The van der Waals surface area contributed by atoms with E-state index in [1.165, 1.54) is 0 Å². The van der Waals surface area contributed by atoms with E-state index in [2.05, 4.69) is 11.4 Å². The Morgan fingerprint density at radius 1 is 0.854 bits per heavy atom. The summed E-state index contributed by atoms with van der Waals surface area (Å²) in [4.78, 5) is 30.7. The number of fused-ring (bicyclic) bond motifs is 1. The molecule has 2 atom stereocenters. The second kappa shape index (κ2) is 11.7. The highest BCUT2D eigenvalue weighted by atomic mass is 16.5. The van der Waals surface area contributed by atoms with Crippen LogP contribution in [0.15, 0.2) is 91.0 Å². The minimum Gasteiger partial charge on any atom is -0.496 e. The van der Waals surface area contributed by atoms with Crippen LogP contribution < -0.4 is 10.1 Å². The van der Waals surface area contributed by atoms with E-state index >= 15 is 0 Å². The number of amides is 3. The van der Waals surface area contributed by atoms with Crippen molar-refractivity contribution in [3.63, 3.8) is 0 Å². The van der Waals surface area contributed by atoms with Crippen molar-refractivity contribution in [1.29, 1.82) is 5.26 Å². The lowest BCUT2D eigenvalue weighted by atomic mass is 9.68. The first-order valence-electron chi connectivity index (χ1n) is 13.8. The Hall–Kier alpha value is -4.83. The van der Waals surface area contributed by atoms with Gasteiger partial charge in [0.15, 0.2) is 0 Å². The van der Waals surface area contributed by atoms with Gasteiger partial charge in [0.25, 0.3) is 0 Å². The summed E-state index contributed by atoms with van der Waals surface area (Å²) in [5.74, 6) is -0.232. The van der Waals surface area contributed by atoms with Gasteiger partial charge in [0.1, 0.15) is 11.2 Å². The quantitative estimate of drug-likeness (QED) is 0.312. The van der Waals surface area contributed by atoms with E-state index in [0.717, 1.165) is 33.2 Å². The fourth-order valence-electron chi connectivity index (χ4n) is 5.78. The molecule has 1 N–H and O–H groups in total. The van der Waals surface area contributed by atoms with E-state index in [9.17, 15) is 14.9 Å². The fraction of sp³-hybridized carbons (Fsp3) is 0.265. The Morgan fingerprint density at radius 2 is 1.46 bits per heavy atom. The lowest BCUT2D eigenvalue weighted by Crippen LogP contribution is -2.55. The first-order chi connectivity index (χ1) is 19.9. The van der Waals surface area contributed by atoms with Crippen LogP contribution >= 0.6 is 0 Å². The lowest BCUT2D eigenvalue weighted by molar-refractivity contribution is -0.140. The Bertz CT molecular complexity index is 1610. The third-order valence-electron chi connectivity index (χ3n) is 8.08. The summed E-state index contributed by atoms with van der Waals surface area (Å²) in [5.41, 5.74) is 1.98. The number of anilines is 1. The Kier molecular flexibility index (Phi) is 7.93. The molecule has 0 saturated carbocycles. The molecule has 1 aliphatic rings. The number of ether oxygens (including phenoxy) is 1. The van der Waals surface area contributed by atoms with Crippen molar-refractivity contribution in [1.82, 2.24) is 9.80 Å². The van der Waals surface area contributed by atoms with Crippen molar-refractivity contribution in [3.05, 3.63) is 108 Å². The van der Waals surface area contributed by atoms with Crippen LogP contribution in [-0.4, -0.2) is 55.0 Å². The summed E-state index contributed by atoms with van der Waals surface area (Å²) in [5, 5.41) is 15.7. The number of nitrogens with zero attached hydrogens (tertiary/aromatic N) is 3. The summed E-state index contributed by atoms with van der Waals surface area (Å²) < 4.78 is 5.74. The molecule has 208 valence electrons. The summed E-state index contributed by atoms with van der Waals surface area (Å²) in [6, 6.07) is 31.5. The maximum atomic E-state index is 14.3. The van der Waals surface area contributed by atoms with Crippen LogP contribution in [0.3, 0.4) is 0 Å². The lowest BCUT2D eigenvalue weighted by Gasteiger charge is -2.40. The topological polar surface area (TPSA) is 85.7 Å². The van der Waals surface area contributed by atoms with Crippen LogP contribution in [0.1, 0.15) is 29.5 Å². The second-order valence-corrected chi connectivity index (χ2v) is 10.6. The molecule has 3 amide bonds. The van der Waals surface area contributed by atoms with E-state index in [-0.39, 0.29) is 11.9 Å². The average molecular weight is 547 g/mol. The maximum absolute atomic E-state index is 14.3. The normalized spacial score (nSPS) is 15.5. The molecule has 4 aromatic carbocycles. The Balaban J connectivity index is 1.45. The number of nitrogens with one attached hydrogen (secondary N) is 1. The summed E-state index contributed by atoms with van der Waals surface area (Å²) in [7, 11) is 1.60. The standard InChI is InChI=1S/C34H34N4O3/c1-24-11-4-8-17-29(24)36-33(40)38-21-19-37(20-22-38)32(39)34(2,23-35)31(28-15-7-9-18-30(28)41-3)27-16-10-13-25-12-5-6-14-26(25)27/h4-18,31H,19-22H2,1-3H3,(H,36,40). The molecule has 7 nitrogen and oxygen atoms in total. The maximum Gasteiger partial charge on any atom is 0.321 e. The molecule has 41 heavy (non-hydrogen) atoms. The first kappa shape index (κ1) is 27.7. The zero-order valence-electron chi connectivity index (χ0n) is 23.6. The van der Waals surface area contributed by atoms with Crippen molar-refractivity contribution in [2.75, 3.05) is 38.6 Å². The molecular formula is C34H34N4O3. The van der Waals surface area contributed by atoms with Gasteiger partial charge in [0.2, 0.25) is 5.91 Å². The number of benzene rings is 4. The Labute approximate surface area is 240 Å². The highest BCUT2D eigenvalue weighted by molar-refractivity contribution is 5.92. The molecule has 1 aliphatic heterocycles. The molecule has 1 heterocycles. The molecule has 2 unspecified atom stereocenters. The second-order valence-electron chi connectivity index (χ2n) is 10.6. The number of aryl methyl sites for hydroxylation is 1. The number of hydrogen-bond donors (Lipinski definition) is 1. The van der Waals surface area contributed by atoms with Crippen molar-refractivity contribution < 1.29 is 14.3 Å². The number of carbonyl (C=O) groups excluding carboxylic acids is 2. The van der Waals surface area contributed by atoms with Crippen LogP contribution in [0.4, 0.5) is 10.5 Å². The average Bonchev–Trinajstić information content (AvgIpc) is 3.02. The van der Waals surface area contributed by atoms with Gasteiger partial charge in [-0.15, -0.1) is 0 Å². The highest BCUT2D eigenvalue weighted by Crippen LogP contribution is 2.47. The molecule has 1 fully saturated rings. The van der Waals surface area contributed by atoms with E-state index in [1.807, 2.05) is 97.9 Å². The molecule has 0 bridgehead atoms. The van der Waals surface area contributed by atoms with Gasteiger partial charge in [0.05, 0.1) is 13.2 Å². The Morgan fingerprint density at radius 3 is 2.20 bits per heavy atom. The molecule has 0 aliphatic carbocycles. The van der Waals surface area contributed by atoms with Crippen molar-refractivity contribution >= 4 is 28.4 Å². The van der Waals surface area contributed by atoms with Crippen LogP contribution in [0.25, 0.3) is 10.8 Å². The molecular weight excluding hydrogens is 512 g/mol. The minimum atomic E-state index is -1.44. The van der Waals surface area contributed by atoms with Gasteiger partial charge >= 0.3 is 6.03 Å². The smallest absolute Gasteiger partial charge is 0.321 e. The summed E-state index contributed by atoms with van der Waals surface area (Å²) in [6.07, 6.45) is 0. The van der Waals surface area contributed by atoms with Gasteiger partial charge in [-0.05, 0) is 47.9 Å². The number of piperazine rings is 1. The zero-order chi connectivity index (χ0) is 29.0. The molecule has 4 aromatic rings. The van der Waals surface area contributed by atoms with Crippen LogP contribution in [-0.2, 0) is 4.79 Å². The molecule has 0 radical (unpaired) electrons. The number of hydrogen-bond acceptors (Lipinski definition) is 4. The third-order valence-corrected chi connectivity index (χ3v) is 8.08. The van der Waals surface area contributed by atoms with Gasteiger partial charge in [-0.2, -0.15) is 5.26 Å². The van der Waals surface area contributed by atoms with Crippen molar-refractivity contribution in [2.24, 2.45) is 5.41 Å². The molecule has 5 rings (SSSR count). The van der Waals surface area contributed by atoms with E-state index in [0.29, 0.717) is 31.9 Å². The largest absolute Gasteiger partial charge is 0.496 e. The van der Waals surface area contributed by atoms with Gasteiger partial charge in [0, 0.05) is 43.3 Å². The summed E-state index contributed by atoms with van der Waals surface area (Å²) in [6.45, 7) is 5.10. The van der Waals surface area contributed by atoms with Crippen LogP contribution in [0.5, 0.6) is 5.75 Å². The number of para-hydroxylation sites is 2. The number of methoxy groups -OCH3 is 1. The van der Waals surface area contributed by atoms with Crippen molar-refractivity contribution in [3.8, 4) is 11.8 Å². The zero-order valence-corrected chi connectivity index (χ0v) is 23.6. The minimum absolute atomic E-state index is 0.197. The number of urea groups is 1. The SMILES string of the molecule is COc1ccccc1C(c1cccc2ccccc12)C(C)(C#N)C(=O)N1CCN(C(=O)Nc2ccccc2C)CC1. The number of rotatable bonds is 6. The van der Waals surface area contributed by atoms with Crippen LogP contribution in [0, 0.1) is 23.7 Å². The monoisotopic (exact) mass is 546 g/mol. The molecule has 0 spiro atoms. The van der Waals surface area contributed by atoms with Gasteiger partial charge < -0.3 is 19.9 Å². The molecule has 7 heteroatoms. The van der Waals surface area contributed by atoms with Gasteiger partial charge in [-0.25, -0.2) is 4.79 Å². The highest BCUT2D eigenvalue weighted by Gasteiger charge is 2.47. The summed E-state index contributed by atoms with van der Waals surface area (Å²) >= 11 is 0. The predicted octanol–water partition coefficient (Wildman–Crippen LogP) is 6.19.